The molecular weight excluding hydrogens is 267 g/mol. The van der Waals surface area contributed by atoms with Crippen LogP contribution in [0.15, 0.2) is 24.3 Å². The van der Waals surface area contributed by atoms with Crippen LogP contribution in [0, 0.1) is 19.7 Å². The van der Waals surface area contributed by atoms with Crippen molar-refractivity contribution in [2.75, 3.05) is 0 Å². The first-order valence-corrected chi connectivity index (χ1v) is 6.13. The first-order chi connectivity index (χ1) is 8.97. The van der Waals surface area contributed by atoms with Gasteiger partial charge < -0.3 is 0 Å². The molecule has 0 saturated heterocycles. The molecule has 0 fully saturated rings. The van der Waals surface area contributed by atoms with Crippen LogP contribution in [0.25, 0.3) is 0 Å². The summed E-state index contributed by atoms with van der Waals surface area (Å²) in [5.74, 6) is -0.559. The van der Waals surface area contributed by atoms with Crippen molar-refractivity contribution in [3.05, 3.63) is 57.6 Å². The minimum absolute atomic E-state index is 0.0442. The molecule has 0 radical (unpaired) electrons. The number of ketones is 1. The zero-order valence-electron chi connectivity index (χ0n) is 10.6. The molecule has 0 aliphatic rings. The summed E-state index contributed by atoms with van der Waals surface area (Å²) in [6.07, 6.45) is 0.0442. The summed E-state index contributed by atoms with van der Waals surface area (Å²) in [5.41, 5.74) is 2.19. The van der Waals surface area contributed by atoms with Gasteiger partial charge in [-0.2, -0.15) is 10.2 Å². The highest BCUT2D eigenvalue weighted by molar-refractivity contribution is 6.31. The van der Waals surface area contributed by atoms with Crippen LogP contribution in [0.2, 0.25) is 5.02 Å². The molecule has 0 saturated carbocycles. The molecule has 0 N–H and O–H groups in total. The van der Waals surface area contributed by atoms with Crippen LogP contribution in [0.5, 0.6) is 0 Å². The quantitative estimate of drug-likeness (QED) is 0.809. The lowest BCUT2D eigenvalue weighted by Crippen LogP contribution is -2.09. The molecule has 5 heteroatoms. The molecule has 1 aromatic heterocycles. The van der Waals surface area contributed by atoms with E-state index in [4.69, 9.17) is 11.6 Å². The number of hydrogen-bond acceptors (Lipinski definition) is 3. The predicted octanol–water partition coefficient (Wildman–Crippen LogP) is 3.31. The third-order valence-electron chi connectivity index (χ3n) is 2.76. The number of hydrogen-bond donors (Lipinski definition) is 0. The fraction of sp³-hybridized carbons (Fsp3) is 0.214. The maximum atomic E-state index is 13.2. The zero-order valence-corrected chi connectivity index (χ0v) is 11.3. The predicted molar refractivity (Wildman–Crippen MR) is 71.0 cm³/mol. The van der Waals surface area contributed by atoms with Crippen molar-refractivity contribution >= 4 is 17.4 Å². The Morgan fingerprint density at radius 1 is 1.26 bits per heavy atom. The van der Waals surface area contributed by atoms with E-state index < -0.39 is 5.82 Å². The maximum absolute atomic E-state index is 13.2. The minimum atomic E-state index is -0.409. The van der Waals surface area contributed by atoms with E-state index in [0.717, 1.165) is 0 Å². The van der Waals surface area contributed by atoms with Crippen LogP contribution in [0.3, 0.4) is 0 Å². The zero-order chi connectivity index (χ0) is 14.0. The summed E-state index contributed by atoms with van der Waals surface area (Å²) in [6, 6.07) is 5.66. The van der Waals surface area contributed by atoms with Gasteiger partial charge in [0.2, 0.25) is 0 Å². The van der Waals surface area contributed by atoms with Gasteiger partial charge in [0, 0.05) is 17.0 Å². The molecule has 98 valence electrons. The van der Waals surface area contributed by atoms with Crippen molar-refractivity contribution in [1.82, 2.24) is 10.2 Å². The Labute approximate surface area is 115 Å². The van der Waals surface area contributed by atoms with Gasteiger partial charge in [0.05, 0.1) is 11.4 Å². The van der Waals surface area contributed by atoms with E-state index in [0.29, 0.717) is 27.5 Å². The van der Waals surface area contributed by atoms with Gasteiger partial charge in [-0.05, 0) is 43.7 Å². The molecule has 0 unspecified atom stereocenters. The van der Waals surface area contributed by atoms with Crippen LogP contribution in [-0.2, 0) is 6.42 Å². The van der Waals surface area contributed by atoms with Crippen LogP contribution < -0.4 is 0 Å². The molecule has 0 bridgehead atoms. The third kappa shape index (κ3) is 3.15. The number of nitrogens with zero attached hydrogens (tertiary/aromatic N) is 2. The molecule has 1 aromatic carbocycles. The SMILES string of the molecule is Cc1cc(C(=O)Cc2cc(F)ccc2Cl)c(C)nn1. The monoisotopic (exact) mass is 278 g/mol. The molecule has 3 nitrogen and oxygen atoms in total. The first-order valence-electron chi connectivity index (χ1n) is 5.75. The van der Waals surface area contributed by atoms with Gasteiger partial charge in [-0.3, -0.25) is 4.79 Å². The molecule has 1 heterocycles. The van der Waals surface area contributed by atoms with E-state index in [-0.39, 0.29) is 12.2 Å². The van der Waals surface area contributed by atoms with Crippen LogP contribution in [-0.4, -0.2) is 16.0 Å². The van der Waals surface area contributed by atoms with Crippen LogP contribution in [0.1, 0.15) is 27.3 Å². The Balaban J connectivity index is 2.30. The van der Waals surface area contributed by atoms with Gasteiger partial charge in [-0.15, -0.1) is 0 Å². The Morgan fingerprint density at radius 3 is 2.74 bits per heavy atom. The van der Waals surface area contributed by atoms with Gasteiger partial charge in [0.25, 0.3) is 0 Å². The Morgan fingerprint density at radius 2 is 2.00 bits per heavy atom. The average molecular weight is 279 g/mol. The summed E-state index contributed by atoms with van der Waals surface area (Å²) in [6.45, 7) is 3.48. The standard InChI is InChI=1S/C14H12ClFN2O/c1-8-5-12(9(2)18-17-8)14(19)7-10-6-11(16)3-4-13(10)15/h3-6H,7H2,1-2H3. The largest absolute Gasteiger partial charge is 0.294 e. The van der Waals surface area contributed by atoms with E-state index >= 15 is 0 Å². The average Bonchev–Trinajstić information content (AvgIpc) is 2.36. The van der Waals surface area contributed by atoms with E-state index in [1.165, 1.54) is 18.2 Å². The van der Waals surface area contributed by atoms with Gasteiger partial charge >= 0.3 is 0 Å². The maximum Gasteiger partial charge on any atom is 0.169 e. The molecular formula is C14H12ClFN2O. The Kier molecular flexibility index (Phi) is 3.90. The highest BCUT2D eigenvalue weighted by atomic mass is 35.5. The summed E-state index contributed by atoms with van der Waals surface area (Å²) in [5, 5.41) is 8.16. The van der Waals surface area contributed by atoms with E-state index in [2.05, 4.69) is 10.2 Å². The molecule has 0 aliphatic heterocycles. The highest BCUT2D eigenvalue weighted by Crippen LogP contribution is 2.19. The highest BCUT2D eigenvalue weighted by Gasteiger charge is 2.14. The first kappa shape index (κ1) is 13.6. The van der Waals surface area contributed by atoms with E-state index in [1.54, 1.807) is 19.9 Å². The summed E-state index contributed by atoms with van der Waals surface area (Å²) in [4.78, 5) is 12.2. The number of carbonyl (C=O) groups excluding carboxylic acids is 1. The second-order valence-electron chi connectivity index (χ2n) is 4.32. The second-order valence-corrected chi connectivity index (χ2v) is 4.73. The minimum Gasteiger partial charge on any atom is -0.294 e. The van der Waals surface area contributed by atoms with Gasteiger partial charge in [0.1, 0.15) is 5.82 Å². The molecule has 2 aromatic rings. The lowest BCUT2D eigenvalue weighted by Gasteiger charge is -2.06. The summed E-state index contributed by atoms with van der Waals surface area (Å²) in [7, 11) is 0. The molecule has 0 atom stereocenters. The van der Waals surface area contributed by atoms with Gasteiger partial charge in [-0.1, -0.05) is 11.6 Å². The molecule has 0 spiro atoms. The Bertz CT molecular complexity index is 643. The summed E-state index contributed by atoms with van der Waals surface area (Å²) < 4.78 is 13.2. The third-order valence-corrected chi connectivity index (χ3v) is 3.13. The van der Waals surface area contributed by atoms with Crippen molar-refractivity contribution in [2.24, 2.45) is 0 Å². The lowest BCUT2D eigenvalue weighted by molar-refractivity contribution is 0.0991. The molecule has 0 amide bonds. The van der Waals surface area contributed by atoms with Crippen molar-refractivity contribution in [2.45, 2.75) is 20.3 Å². The molecule has 2 rings (SSSR count). The van der Waals surface area contributed by atoms with Crippen molar-refractivity contribution in [3.8, 4) is 0 Å². The number of aromatic nitrogens is 2. The molecule has 19 heavy (non-hydrogen) atoms. The van der Waals surface area contributed by atoms with Crippen LogP contribution >= 0.6 is 11.6 Å². The number of rotatable bonds is 3. The van der Waals surface area contributed by atoms with E-state index in [1.807, 2.05) is 0 Å². The number of carbonyl (C=O) groups is 1. The van der Waals surface area contributed by atoms with Crippen molar-refractivity contribution in [3.63, 3.8) is 0 Å². The number of aryl methyl sites for hydroxylation is 2. The second kappa shape index (κ2) is 5.45. The fourth-order valence-corrected chi connectivity index (χ4v) is 1.96. The van der Waals surface area contributed by atoms with Crippen molar-refractivity contribution < 1.29 is 9.18 Å². The summed E-state index contributed by atoms with van der Waals surface area (Å²) >= 11 is 5.95. The smallest absolute Gasteiger partial charge is 0.169 e. The van der Waals surface area contributed by atoms with Crippen molar-refractivity contribution in [1.29, 1.82) is 0 Å². The lowest BCUT2D eigenvalue weighted by atomic mass is 10.0. The number of Topliss-reactive ketones (excluding diaryl/α,β-unsaturated/α-hetero) is 1. The number of halogens is 2. The van der Waals surface area contributed by atoms with E-state index in [9.17, 15) is 9.18 Å². The van der Waals surface area contributed by atoms with Crippen LogP contribution in [0.4, 0.5) is 4.39 Å². The topological polar surface area (TPSA) is 42.9 Å². The fourth-order valence-electron chi connectivity index (χ4n) is 1.78. The normalized spacial score (nSPS) is 10.5. The molecule has 0 aliphatic carbocycles. The number of benzene rings is 1. The van der Waals surface area contributed by atoms with Gasteiger partial charge in [-0.25, -0.2) is 4.39 Å². The van der Waals surface area contributed by atoms with Gasteiger partial charge in [0.15, 0.2) is 5.78 Å². The Hall–Kier alpha value is -1.81.